The fourth-order valence-corrected chi connectivity index (χ4v) is 4.40. The molecule has 5 rings (SSSR count). The Hall–Kier alpha value is -4.18. The predicted octanol–water partition coefficient (Wildman–Crippen LogP) is 6.35. The Kier molecular flexibility index (Phi) is 6.21. The van der Waals surface area contributed by atoms with Gasteiger partial charge in [-0.1, -0.05) is 84.9 Å². The first kappa shape index (κ1) is 21.7. The molecule has 0 saturated heterocycles. The number of aromatic nitrogens is 2. The summed E-state index contributed by atoms with van der Waals surface area (Å²) in [6.07, 6.45) is 0.661. The minimum atomic E-state index is 0.0533. The molecule has 4 nitrogen and oxygen atoms in total. The molecule has 0 radical (unpaired) electrons. The minimum Gasteiger partial charge on any atom is -0.318 e. The average molecular weight is 446 g/mol. The van der Waals surface area contributed by atoms with Crippen LogP contribution in [-0.4, -0.2) is 22.0 Å². The first-order valence-electron chi connectivity index (χ1n) is 11.7. The minimum absolute atomic E-state index is 0.0533. The molecular formula is C30H27N3O. The molecule has 4 heteroatoms. The Morgan fingerprint density at radius 2 is 1.38 bits per heavy atom. The first-order chi connectivity index (χ1) is 16.7. The molecule has 0 atom stereocenters. The van der Waals surface area contributed by atoms with Crippen LogP contribution in [0.4, 0.5) is 5.69 Å². The zero-order chi connectivity index (χ0) is 23.3. The number of amides is 1. The standard InChI is InChI=1S/C30H27N3O/c1-2-32(26-13-7-4-8-14-26)30(34)22-33-28-16-10-9-15-27(28)31-29(33)21-23-17-19-25(20-18-23)24-11-5-3-6-12-24/h3-20H,2,21-22H2,1H3. The van der Waals surface area contributed by atoms with Gasteiger partial charge in [-0.3, -0.25) is 4.79 Å². The molecule has 1 aromatic heterocycles. The molecule has 4 aromatic carbocycles. The van der Waals surface area contributed by atoms with Gasteiger partial charge in [-0.2, -0.15) is 0 Å². The Balaban J connectivity index is 1.44. The van der Waals surface area contributed by atoms with Crippen LogP contribution < -0.4 is 4.90 Å². The number of carbonyl (C=O) groups excluding carboxylic acids is 1. The maximum absolute atomic E-state index is 13.4. The van der Waals surface area contributed by atoms with Crippen LogP contribution in [0.1, 0.15) is 18.3 Å². The van der Waals surface area contributed by atoms with Crippen molar-refractivity contribution in [2.75, 3.05) is 11.4 Å². The molecule has 0 spiro atoms. The van der Waals surface area contributed by atoms with E-state index in [1.165, 1.54) is 16.7 Å². The summed E-state index contributed by atoms with van der Waals surface area (Å²) >= 11 is 0. The zero-order valence-electron chi connectivity index (χ0n) is 19.3. The number of imidazole rings is 1. The molecule has 0 unspecified atom stereocenters. The van der Waals surface area contributed by atoms with Crippen LogP contribution >= 0.6 is 0 Å². The Morgan fingerprint density at radius 3 is 2.09 bits per heavy atom. The van der Waals surface area contributed by atoms with E-state index in [-0.39, 0.29) is 12.5 Å². The van der Waals surface area contributed by atoms with E-state index in [0.29, 0.717) is 13.0 Å². The van der Waals surface area contributed by atoms with E-state index < -0.39 is 0 Å². The van der Waals surface area contributed by atoms with E-state index in [1.54, 1.807) is 0 Å². The summed E-state index contributed by atoms with van der Waals surface area (Å²) in [5, 5.41) is 0. The van der Waals surface area contributed by atoms with Crippen molar-refractivity contribution in [3.63, 3.8) is 0 Å². The van der Waals surface area contributed by atoms with E-state index in [0.717, 1.165) is 22.5 Å². The zero-order valence-corrected chi connectivity index (χ0v) is 19.3. The van der Waals surface area contributed by atoms with Crippen molar-refractivity contribution in [3.8, 4) is 11.1 Å². The van der Waals surface area contributed by atoms with Crippen molar-refractivity contribution in [2.45, 2.75) is 19.9 Å². The second-order valence-electron chi connectivity index (χ2n) is 8.32. The maximum Gasteiger partial charge on any atom is 0.246 e. The Bertz CT molecular complexity index is 1390. The van der Waals surface area contributed by atoms with Crippen LogP contribution in [0, 0.1) is 0 Å². The topological polar surface area (TPSA) is 38.1 Å². The van der Waals surface area contributed by atoms with Gasteiger partial charge in [-0.05, 0) is 47.9 Å². The monoisotopic (exact) mass is 445 g/mol. The van der Waals surface area contributed by atoms with E-state index in [9.17, 15) is 4.79 Å². The number of nitrogens with zero attached hydrogens (tertiary/aromatic N) is 3. The summed E-state index contributed by atoms with van der Waals surface area (Å²) in [6, 6.07) is 36.8. The molecule has 5 aromatic rings. The van der Waals surface area contributed by atoms with Crippen molar-refractivity contribution in [1.29, 1.82) is 0 Å². The van der Waals surface area contributed by atoms with Crippen LogP contribution in [0.25, 0.3) is 22.2 Å². The quantitative estimate of drug-likeness (QED) is 0.293. The van der Waals surface area contributed by atoms with Gasteiger partial charge in [-0.15, -0.1) is 0 Å². The van der Waals surface area contributed by atoms with Gasteiger partial charge in [0, 0.05) is 18.7 Å². The summed E-state index contributed by atoms with van der Waals surface area (Å²) in [7, 11) is 0. The SMILES string of the molecule is CCN(C(=O)Cn1c(Cc2ccc(-c3ccccc3)cc2)nc2ccccc21)c1ccccc1. The third-order valence-corrected chi connectivity index (χ3v) is 6.14. The highest BCUT2D eigenvalue weighted by Crippen LogP contribution is 2.23. The van der Waals surface area contributed by atoms with Crippen molar-refractivity contribution in [1.82, 2.24) is 9.55 Å². The Morgan fingerprint density at radius 1 is 0.765 bits per heavy atom. The van der Waals surface area contributed by atoms with Crippen molar-refractivity contribution in [2.24, 2.45) is 0 Å². The number of hydrogen-bond acceptors (Lipinski definition) is 2. The summed E-state index contributed by atoms with van der Waals surface area (Å²) in [6.45, 7) is 2.87. The largest absolute Gasteiger partial charge is 0.318 e. The maximum atomic E-state index is 13.4. The van der Waals surface area contributed by atoms with E-state index in [2.05, 4.69) is 53.1 Å². The molecule has 0 fully saturated rings. The van der Waals surface area contributed by atoms with Gasteiger partial charge in [-0.25, -0.2) is 4.98 Å². The van der Waals surface area contributed by atoms with Crippen LogP contribution in [-0.2, 0) is 17.8 Å². The summed E-state index contributed by atoms with van der Waals surface area (Å²) in [4.78, 5) is 20.1. The lowest BCUT2D eigenvalue weighted by molar-refractivity contribution is -0.119. The highest BCUT2D eigenvalue weighted by Gasteiger charge is 2.19. The lowest BCUT2D eigenvalue weighted by Gasteiger charge is -2.22. The lowest BCUT2D eigenvalue weighted by Crippen LogP contribution is -2.34. The molecular weight excluding hydrogens is 418 g/mol. The first-order valence-corrected chi connectivity index (χ1v) is 11.7. The summed E-state index contributed by atoms with van der Waals surface area (Å²) in [5.74, 6) is 0.948. The molecule has 168 valence electrons. The number of carbonyl (C=O) groups is 1. The van der Waals surface area contributed by atoms with Crippen LogP contribution in [0.5, 0.6) is 0 Å². The van der Waals surface area contributed by atoms with Crippen LogP contribution in [0.15, 0.2) is 109 Å². The number of hydrogen-bond donors (Lipinski definition) is 0. The molecule has 0 aliphatic rings. The third-order valence-electron chi connectivity index (χ3n) is 6.14. The number of rotatable bonds is 7. The number of likely N-dealkylation sites (N-methyl/N-ethyl adjacent to an activating group) is 1. The average Bonchev–Trinajstić information content (AvgIpc) is 3.23. The van der Waals surface area contributed by atoms with Crippen LogP contribution in [0.3, 0.4) is 0 Å². The van der Waals surface area contributed by atoms with Gasteiger partial charge >= 0.3 is 0 Å². The van der Waals surface area contributed by atoms with Gasteiger partial charge in [0.1, 0.15) is 12.4 Å². The molecule has 34 heavy (non-hydrogen) atoms. The highest BCUT2D eigenvalue weighted by atomic mass is 16.2. The lowest BCUT2D eigenvalue weighted by atomic mass is 10.0. The second kappa shape index (κ2) is 9.75. The molecule has 1 amide bonds. The number of anilines is 1. The van der Waals surface area contributed by atoms with Crippen molar-refractivity contribution < 1.29 is 4.79 Å². The molecule has 1 heterocycles. The van der Waals surface area contributed by atoms with Crippen molar-refractivity contribution in [3.05, 3.63) is 121 Å². The summed E-state index contributed by atoms with van der Waals surface area (Å²) < 4.78 is 2.06. The van der Waals surface area contributed by atoms with E-state index in [1.807, 2.05) is 72.5 Å². The van der Waals surface area contributed by atoms with Gasteiger partial charge in [0.05, 0.1) is 11.0 Å². The fourth-order valence-electron chi connectivity index (χ4n) is 4.40. The molecule has 0 aliphatic heterocycles. The highest BCUT2D eigenvalue weighted by molar-refractivity contribution is 5.94. The van der Waals surface area contributed by atoms with E-state index >= 15 is 0 Å². The summed E-state index contributed by atoms with van der Waals surface area (Å²) in [5.41, 5.74) is 6.36. The Labute approximate surface area is 200 Å². The third kappa shape index (κ3) is 4.48. The van der Waals surface area contributed by atoms with Gasteiger partial charge in [0.2, 0.25) is 5.91 Å². The fraction of sp³-hybridized carbons (Fsp3) is 0.133. The second-order valence-corrected chi connectivity index (χ2v) is 8.32. The van der Waals surface area contributed by atoms with Gasteiger partial charge in [0.25, 0.3) is 0 Å². The normalized spacial score (nSPS) is 11.0. The van der Waals surface area contributed by atoms with Crippen LogP contribution in [0.2, 0.25) is 0 Å². The molecule has 0 aliphatic carbocycles. The van der Waals surface area contributed by atoms with Gasteiger partial charge in [0.15, 0.2) is 0 Å². The molecule has 0 saturated carbocycles. The van der Waals surface area contributed by atoms with E-state index in [4.69, 9.17) is 4.98 Å². The van der Waals surface area contributed by atoms with Gasteiger partial charge < -0.3 is 9.47 Å². The molecule has 0 bridgehead atoms. The number of benzene rings is 4. The predicted molar refractivity (Wildman–Crippen MR) is 139 cm³/mol. The number of para-hydroxylation sites is 3. The smallest absolute Gasteiger partial charge is 0.246 e. The van der Waals surface area contributed by atoms with Crippen molar-refractivity contribution >= 4 is 22.6 Å². The number of fused-ring (bicyclic) bond motifs is 1. The molecule has 0 N–H and O–H groups in total.